The van der Waals surface area contributed by atoms with Crippen LogP contribution in [0.25, 0.3) is 0 Å². The van der Waals surface area contributed by atoms with Crippen molar-refractivity contribution in [2.24, 2.45) is 5.92 Å². The fourth-order valence-corrected chi connectivity index (χ4v) is 2.83. The van der Waals surface area contributed by atoms with Gasteiger partial charge in [-0.05, 0) is 62.5 Å². The van der Waals surface area contributed by atoms with E-state index in [1.807, 2.05) is 25.1 Å². The van der Waals surface area contributed by atoms with E-state index >= 15 is 0 Å². The number of carbonyl (C=O) groups excluding carboxylic acids is 1. The molecular formula is C19H29NO2. The molecule has 22 heavy (non-hydrogen) atoms. The molecule has 122 valence electrons. The monoisotopic (exact) mass is 303 g/mol. The molecule has 0 N–H and O–H groups in total. The van der Waals surface area contributed by atoms with Crippen LogP contribution in [0.4, 0.5) is 0 Å². The minimum Gasteiger partial charge on any atom is -0.493 e. The Hall–Kier alpha value is -1.35. The lowest BCUT2D eigenvalue weighted by Gasteiger charge is -2.25. The van der Waals surface area contributed by atoms with E-state index in [1.54, 1.807) is 0 Å². The zero-order valence-corrected chi connectivity index (χ0v) is 14.2. The number of carbonyl (C=O) groups is 1. The van der Waals surface area contributed by atoms with Crippen molar-refractivity contribution in [1.82, 2.24) is 4.90 Å². The van der Waals surface area contributed by atoms with E-state index in [9.17, 15) is 4.79 Å². The van der Waals surface area contributed by atoms with Gasteiger partial charge in [-0.25, -0.2) is 0 Å². The molecule has 1 aromatic carbocycles. The van der Waals surface area contributed by atoms with Gasteiger partial charge in [0.1, 0.15) is 5.75 Å². The minimum atomic E-state index is 0.240. The topological polar surface area (TPSA) is 29.5 Å². The summed E-state index contributed by atoms with van der Waals surface area (Å²) < 4.78 is 5.77. The number of rotatable bonds is 7. The highest BCUT2D eigenvalue weighted by Gasteiger charge is 2.13. The van der Waals surface area contributed by atoms with Crippen LogP contribution in [-0.2, 0) is 0 Å². The van der Waals surface area contributed by atoms with Crippen LogP contribution < -0.4 is 4.74 Å². The summed E-state index contributed by atoms with van der Waals surface area (Å²) in [5.74, 6) is 1.63. The summed E-state index contributed by atoms with van der Waals surface area (Å²) in [7, 11) is 0. The molecule has 1 aliphatic rings. The number of likely N-dealkylation sites (tertiary alicyclic amines) is 1. The van der Waals surface area contributed by atoms with E-state index in [0.29, 0.717) is 18.9 Å². The van der Waals surface area contributed by atoms with Gasteiger partial charge in [-0.15, -0.1) is 0 Å². The molecule has 1 fully saturated rings. The van der Waals surface area contributed by atoms with Crippen molar-refractivity contribution in [2.75, 3.05) is 26.2 Å². The summed E-state index contributed by atoms with van der Waals surface area (Å²) in [5.41, 5.74) is 1.86. The Balaban J connectivity index is 1.88. The van der Waals surface area contributed by atoms with Gasteiger partial charge in [-0.3, -0.25) is 4.79 Å². The first-order valence-corrected chi connectivity index (χ1v) is 8.55. The summed E-state index contributed by atoms with van der Waals surface area (Å²) in [6.45, 7) is 10.2. The summed E-state index contributed by atoms with van der Waals surface area (Å²) in [5, 5.41) is 0. The van der Waals surface area contributed by atoms with Gasteiger partial charge in [-0.1, -0.05) is 20.3 Å². The molecule has 1 aromatic rings. The number of hydrogen-bond acceptors (Lipinski definition) is 3. The Bertz CT molecular complexity index is 490. The molecule has 0 bridgehead atoms. The van der Waals surface area contributed by atoms with Crippen LogP contribution in [0.1, 0.15) is 55.5 Å². The molecule has 2 rings (SSSR count). The van der Waals surface area contributed by atoms with Gasteiger partial charge >= 0.3 is 0 Å². The number of benzene rings is 1. The maximum Gasteiger partial charge on any atom is 0.164 e. The van der Waals surface area contributed by atoms with Gasteiger partial charge in [0.25, 0.3) is 0 Å². The normalized spacial score (nSPS) is 16.0. The number of piperidine rings is 1. The zero-order chi connectivity index (χ0) is 15.9. The average Bonchev–Trinajstić information content (AvgIpc) is 2.52. The summed E-state index contributed by atoms with van der Waals surface area (Å²) in [4.78, 5) is 14.8. The van der Waals surface area contributed by atoms with Crippen molar-refractivity contribution < 1.29 is 9.53 Å². The van der Waals surface area contributed by atoms with E-state index in [-0.39, 0.29) is 5.78 Å². The Labute approximate surface area is 134 Å². The van der Waals surface area contributed by atoms with E-state index in [2.05, 4.69) is 18.7 Å². The molecule has 1 heterocycles. The number of aryl methyl sites for hydroxylation is 1. The number of Topliss-reactive ketones (excluding diaryl/α,β-unsaturated/α-hetero) is 1. The standard InChI is InChI=1S/C19H29NO2/c1-15(2)14-22-19-8-7-17(13-16(19)3)18(21)9-12-20-10-5-4-6-11-20/h7-8,13,15H,4-6,9-12,14H2,1-3H3. The lowest BCUT2D eigenvalue weighted by molar-refractivity contribution is 0.0958. The van der Waals surface area contributed by atoms with E-state index in [1.165, 1.54) is 19.3 Å². The highest BCUT2D eigenvalue weighted by atomic mass is 16.5. The van der Waals surface area contributed by atoms with Gasteiger partial charge in [0, 0.05) is 18.5 Å². The first-order valence-electron chi connectivity index (χ1n) is 8.55. The fraction of sp³-hybridized carbons (Fsp3) is 0.632. The lowest BCUT2D eigenvalue weighted by atomic mass is 10.0. The van der Waals surface area contributed by atoms with Crippen LogP contribution in [-0.4, -0.2) is 36.9 Å². The van der Waals surface area contributed by atoms with Gasteiger partial charge in [0.2, 0.25) is 0 Å². The molecule has 1 saturated heterocycles. The Morgan fingerprint density at radius 3 is 2.59 bits per heavy atom. The molecule has 3 nitrogen and oxygen atoms in total. The van der Waals surface area contributed by atoms with Crippen LogP contribution in [0, 0.1) is 12.8 Å². The summed E-state index contributed by atoms with van der Waals surface area (Å²) in [6.07, 6.45) is 4.50. The van der Waals surface area contributed by atoms with Crippen molar-refractivity contribution in [3.8, 4) is 5.75 Å². The van der Waals surface area contributed by atoms with Gasteiger partial charge in [0.05, 0.1) is 6.61 Å². The highest BCUT2D eigenvalue weighted by Crippen LogP contribution is 2.21. The second kappa shape index (κ2) is 8.33. The Morgan fingerprint density at radius 1 is 1.23 bits per heavy atom. The SMILES string of the molecule is Cc1cc(C(=O)CCN2CCCCC2)ccc1OCC(C)C. The second-order valence-corrected chi connectivity index (χ2v) is 6.76. The molecular weight excluding hydrogens is 274 g/mol. The largest absolute Gasteiger partial charge is 0.493 e. The zero-order valence-electron chi connectivity index (χ0n) is 14.2. The molecule has 0 amide bonds. The number of hydrogen-bond donors (Lipinski definition) is 0. The molecule has 3 heteroatoms. The van der Waals surface area contributed by atoms with E-state index in [4.69, 9.17) is 4.74 Å². The Morgan fingerprint density at radius 2 is 1.95 bits per heavy atom. The third kappa shape index (κ3) is 5.13. The molecule has 0 aromatic heterocycles. The van der Waals surface area contributed by atoms with Crippen molar-refractivity contribution >= 4 is 5.78 Å². The molecule has 0 spiro atoms. The number of ketones is 1. The first-order chi connectivity index (χ1) is 10.6. The highest BCUT2D eigenvalue weighted by molar-refractivity contribution is 5.96. The molecule has 1 aliphatic heterocycles. The van der Waals surface area contributed by atoms with Crippen LogP contribution >= 0.6 is 0 Å². The smallest absolute Gasteiger partial charge is 0.164 e. The predicted molar refractivity (Wildman–Crippen MR) is 90.8 cm³/mol. The van der Waals surface area contributed by atoms with Crippen LogP contribution in [0.15, 0.2) is 18.2 Å². The number of nitrogens with zero attached hydrogens (tertiary/aromatic N) is 1. The van der Waals surface area contributed by atoms with Crippen molar-refractivity contribution in [2.45, 2.75) is 46.5 Å². The molecule has 0 unspecified atom stereocenters. The quantitative estimate of drug-likeness (QED) is 0.711. The van der Waals surface area contributed by atoms with Gasteiger partial charge in [0.15, 0.2) is 5.78 Å². The lowest BCUT2D eigenvalue weighted by Crippen LogP contribution is -2.31. The van der Waals surface area contributed by atoms with E-state index in [0.717, 1.165) is 36.5 Å². The Kier molecular flexibility index (Phi) is 6.44. The van der Waals surface area contributed by atoms with Crippen molar-refractivity contribution in [1.29, 1.82) is 0 Å². The van der Waals surface area contributed by atoms with Crippen LogP contribution in [0.3, 0.4) is 0 Å². The molecule has 0 atom stereocenters. The third-order valence-electron chi connectivity index (χ3n) is 4.17. The second-order valence-electron chi connectivity index (χ2n) is 6.76. The summed E-state index contributed by atoms with van der Waals surface area (Å²) >= 11 is 0. The fourth-order valence-electron chi connectivity index (χ4n) is 2.83. The number of ether oxygens (including phenoxy) is 1. The van der Waals surface area contributed by atoms with E-state index < -0.39 is 0 Å². The first kappa shape index (κ1) is 17.0. The average molecular weight is 303 g/mol. The minimum absolute atomic E-state index is 0.240. The third-order valence-corrected chi connectivity index (χ3v) is 4.17. The summed E-state index contributed by atoms with van der Waals surface area (Å²) in [6, 6.07) is 5.81. The van der Waals surface area contributed by atoms with Crippen LogP contribution in [0.2, 0.25) is 0 Å². The predicted octanol–water partition coefficient (Wildman–Crippen LogP) is 4.09. The van der Waals surface area contributed by atoms with Crippen LogP contribution in [0.5, 0.6) is 5.75 Å². The van der Waals surface area contributed by atoms with Crippen molar-refractivity contribution in [3.05, 3.63) is 29.3 Å². The van der Waals surface area contributed by atoms with Gasteiger partial charge < -0.3 is 9.64 Å². The maximum absolute atomic E-state index is 12.3. The maximum atomic E-state index is 12.3. The molecule has 0 radical (unpaired) electrons. The molecule has 0 saturated carbocycles. The molecule has 0 aliphatic carbocycles. The van der Waals surface area contributed by atoms with Crippen molar-refractivity contribution in [3.63, 3.8) is 0 Å². The van der Waals surface area contributed by atoms with Gasteiger partial charge in [-0.2, -0.15) is 0 Å².